The van der Waals surface area contributed by atoms with E-state index in [2.05, 4.69) is 35.7 Å². The second kappa shape index (κ2) is 14.5. The standard InChI is InChI=1S/C26H29N7O6S2/c1-27-13-15-38-22-10-9-20-25(31-22)40-26(30-20)32-24(34)23(33-39-17-21-28-11-3-12-29-21)18-5-7-19(8-6-18)41(35,36)16-4-14-37-2/h3,5-12,27H,4,13-17H2,1-2H3,(H,30,32,34). The fraction of sp³-hybridized carbons (Fsp3) is 0.308. The van der Waals surface area contributed by atoms with Gasteiger partial charge in [0.25, 0.3) is 5.91 Å². The molecule has 0 aliphatic rings. The van der Waals surface area contributed by atoms with Gasteiger partial charge in [-0.15, -0.1) is 0 Å². The number of sulfone groups is 1. The van der Waals surface area contributed by atoms with Gasteiger partial charge in [-0.25, -0.2) is 28.4 Å². The number of carbonyl (C=O) groups is 1. The van der Waals surface area contributed by atoms with Gasteiger partial charge in [-0.05, 0) is 37.7 Å². The Kier molecular flexibility index (Phi) is 10.6. The number of aromatic nitrogens is 4. The molecule has 3 heterocycles. The summed E-state index contributed by atoms with van der Waals surface area (Å²) in [6.07, 6.45) is 3.49. The highest BCUT2D eigenvalue weighted by atomic mass is 32.2. The summed E-state index contributed by atoms with van der Waals surface area (Å²) in [5.74, 6) is 0.151. The lowest BCUT2D eigenvalue weighted by atomic mass is 10.1. The molecule has 13 nitrogen and oxygen atoms in total. The molecule has 3 aromatic heterocycles. The van der Waals surface area contributed by atoms with Crippen LogP contribution in [0.3, 0.4) is 0 Å². The number of nitrogens with one attached hydrogen (secondary N) is 2. The number of fused-ring (bicyclic) bond motifs is 1. The highest BCUT2D eigenvalue weighted by molar-refractivity contribution is 7.91. The van der Waals surface area contributed by atoms with E-state index < -0.39 is 15.7 Å². The van der Waals surface area contributed by atoms with E-state index in [1.165, 1.54) is 42.7 Å². The van der Waals surface area contributed by atoms with Crippen LogP contribution in [0, 0.1) is 0 Å². The molecule has 4 aromatic rings. The van der Waals surface area contributed by atoms with Crippen molar-refractivity contribution < 1.29 is 27.5 Å². The second-order valence-corrected chi connectivity index (χ2v) is 11.6. The summed E-state index contributed by atoms with van der Waals surface area (Å²) in [5.41, 5.74) is 0.838. The molecule has 0 unspecified atom stereocenters. The fourth-order valence-corrected chi connectivity index (χ4v) is 5.57. The van der Waals surface area contributed by atoms with Gasteiger partial charge in [0.1, 0.15) is 17.0 Å². The molecule has 0 spiro atoms. The molecular weight excluding hydrogens is 570 g/mol. The van der Waals surface area contributed by atoms with Crippen molar-refractivity contribution in [2.75, 3.05) is 45.0 Å². The van der Waals surface area contributed by atoms with Gasteiger partial charge in [-0.3, -0.25) is 10.1 Å². The van der Waals surface area contributed by atoms with Crippen molar-refractivity contribution >= 4 is 48.3 Å². The molecule has 15 heteroatoms. The predicted octanol–water partition coefficient (Wildman–Crippen LogP) is 2.45. The Balaban J connectivity index is 1.54. The Bertz CT molecular complexity index is 1580. The normalized spacial score (nSPS) is 11.9. The summed E-state index contributed by atoms with van der Waals surface area (Å²) < 4.78 is 35.8. The number of anilines is 1. The number of methoxy groups -OCH3 is 1. The number of nitrogens with zero attached hydrogens (tertiary/aromatic N) is 5. The van der Waals surface area contributed by atoms with Gasteiger partial charge in [0.2, 0.25) is 5.88 Å². The number of hydrogen-bond acceptors (Lipinski definition) is 13. The SMILES string of the molecule is CNCCOc1ccc2nc(NC(=O)C(=NOCc3ncccn3)c3ccc(S(=O)(=O)CCCOC)cc3)sc2n1. The number of oxime groups is 1. The van der Waals surface area contributed by atoms with E-state index in [0.29, 0.717) is 58.9 Å². The van der Waals surface area contributed by atoms with Crippen LogP contribution in [0.4, 0.5) is 5.13 Å². The third-order valence-electron chi connectivity index (χ3n) is 5.48. The van der Waals surface area contributed by atoms with Gasteiger partial charge in [-0.1, -0.05) is 28.6 Å². The molecule has 216 valence electrons. The summed E-state index contributed by atoms with van der Waals surface area (Å²) in [6.45, 7) is 1.39. The van der Waals surface area contributed by atoms with Crippen molar-refractivity contribution in [3.05, 3.63) is 66.2 Å². The van der Waals surface area contributed by atoms with Gasteiger partial charge in [0, 0.05) is 44.3 Å². The molecule has 0 aliphatic heterocycles. The van der Waals surface area contributed by atoms with Gasteiger partial charge in [0.15, 0.2) is 33.1 Å². The Labute approximate surface area is 240 Å². The first-order valence-electron chi connectivity index (χ1n) is 12.5. The van der Waals surface area contributed by atoms with Crippen LogP contribution >= 0.6 is 11.3 Å². The zero-order valence-corrected chi connectivity index (χ0v) is 24.1. The van der Waals surface area contributed by atoms with Crippen molar-refractivity contribution in [1.29, 1.82) is 0 Å². The van der Waals surface area contributed by atoms with Crippen LogP contribution in [-0.2, 0) is 30.8 Å². The minimum atomic E-state index is -3.52. The number of amides is 1. The molecule has 0 radical (unpaired) electrons. The van der Waals surface area contributed by atoms with E-state index in [0.717, 1.165) is 0 Å². The van der Waals surface area contributed by atoms with Crippen LogP contribution in [0.15, 0.2) is 64.9 Å². The number of thiazole rings is 1. The molecule has 2 N–H and O–H groups in total. The number of benzene rings is 1. The molecule has 0 aliphatic carbocycles. The average molecular weight is 600 g/mol. The number of carbonyl (C=O) groups excluding carboxylic acids is 1. The fourth-order valence-electron chi connectivity index (χ4n) is 3.46. The molecule has 1 amide bonds. The Hall–Kier alpha value is -4.05. The largest absolute Gasteiger partial charge is 0.476 e. The van der Waals surface area contributed by atoms with E-state index in [1.54, 1.807) is 30.6 Å². The summed E-state index contributed by atoms with van der Waals surface area (Å²) in [7, 11) is -0.173. The van der Waals surface area contributed by atoms with Crippen molar-refractivity contribution in [3.8, 4) is 5.88 Å². The third-order valence-corrected chi connectivity index (χ3v) is 8.18. The molecule has 0 saturated heterocycles. The number of hydrogen-bond donors (Lipinski definition) is 2. The lowest BCUT2D eigenvalue weighted by molar-refractivity contribution is -0.110. The number of pyridine rings is 1. The van der Waals surface area contributed by atoms with Crippen molar-refractivity contribution in [1.82, 2.24) is 25.3 Å². The van der Waals surface area contributed by atoms with Gasteiger partial charge >= 0.3 is 0 Å². The first kappa shape index (κ1) is 29.9. The second-order valence-electron chi connectivity index (χ2n) is 8.47. The first-order valence-corrected chi connectivity index (χ1v) is 15.0. The summed E-state index contributed by atoms with van der Waals surface area (Å²) in [4.78, 5) is 36.5. The van der Waals surface area contributed by atoms with Crippen LogP contribution in [-0.4, -0.2) is 79.6 Å². The highest BCUT2D eigenvalue weighted by Gasteiger charge is 2.20. The van der Waals surface area contributed by atoms with Crippen LogP contribution < -0.4 is 15.4 Å². The third kappa shape index (κ3) is 8.47. The predicted molar refractivity (Wildman–Crippen MR) is 154 cm³/mol. The maximum Gasteiger partial charge on any atom is 0.280 e. The minimum Gasteiger partial charge on any atom is -0.476 e. The lowest BCUT2D eigenvalue weighted by Crippen LogP contribution is -2.24. The molecule has 0 saturated carbocycles. The molecule has 0 atom stereocenters. The maximum absolute atomic E-state index is 13.4. The Morgan fingerprint density at radius 1 is 1.05 bits per heavy atom. The quantitative estimate of drug-likeness (QED) is 0.117. The van der Waals surface area contributed by atoms with Crippen molar-refractivity contribution in [3.63, 3.8) is 0 Å². The zero-order valence-electron chi connectivity index (χ0n) is 22.4. The highest BCUT2D eigenvalue weighted by Crippen LogP contribution is 2.26. The Morgan fingerprint density at radius 2 is 1.83 bits per heavy atom. The topological polar surface area (TPSA) is 167 Å². The van der Waals surface area contributed by atoms with Crippen LogP contribution in [0.1, 0.15) is 17.8 Å². The van der Waals surface area contributed by atoms with E-state index >= 15 is 0 Å². The lowest BCUT2D eigenvalue weighted by Gasteiger charge is -2.09. The van der Waals surface area contributed by atoms with Crippen LogP contribution in [0.5, 0.6) is 5.88 Å². The molecular formula is C26H29N7O6S2. The summed E-state index contributed by atoms with van der Waals surface area (Å²) in [6, 6.07) is 11.0. The molecule has 0 bridgehead atoms. The Morgan fingerprint density at radius 3 is 2.56 bits per heavy atom. The molecule has 0 fully saturated rings. The monoisotopic (exact) mass is 599 g/mol. The van der Waals surface area contributed by atoms with Crippen molar-refractivity contribution in [2.24, 2.45) is 5.16 Å². The van der Waals surface area contributed by atoms with Gasteiger partial charge < -0.3 is 19.6 Å². The zero-order chi connectivity index (χ0) is 29.1. The van der Waals surface area contributed by atoms with E-state index in [-0.39, 0.29) is 23.0 Å². The number of rotatable bonds is 15. The molecule has 1 aromatic carbocycles. The number of likely N-dealkylation sites (N-methyl/N-ethyl adjacent to an activating group) is 1. The van der Waals surface area contributed by atoms with Crippen LogP contribution in [0.2, 0.25) is 0 Å². The average Bonchev–Trinajstić information content (AvgIpc) is 3.37. The van der Waals surface area contributed by atoms with E-state index in [4.69, 9.17) is 14.3 Å². The first-order chi connectivity index (χ1) is 19.9. The molecule has 4 rings (SSSR count). The minimum absolute atomic E-state index is 0.0598. The van der Waals surface area contributed by atoms with Gasteiger partial charge in [0.05, 0.1) is 10.6 Å². The van der Waals surface area contributed by atoms with Gasteiger partial charge in [-0.2, -0.15) is 0 Å². The van der Waals surface area contributed by atoms with Crippen molar-refractivity contribution in [2.45, 2.75) is 17.9 Å². The van der Waals surface area contributed by atoms with E-state index in [9.17, 15) is 13.2 Å². The summed E-state index contributed by atoms with van der Waals surface area (Å²) >= 11 is 1.17. The molecule has 41 heavy (non-hydrogen) atoms. The van der Waals surface area contributed by atoms with E-state index in [1.807, 2.05) is 7.05 Å². The number of ether oxygens (including phenoxy) is 2. The smallest absolute Gasteiger partial charge is 0.280 e. The summed E-state index contributed by atoms with van der Waals surface area (Å²) in [5, 5.41) is 10.1. The van der Waals surface area contributed by atoms with Crippen LogP contribution in [0.25, 0.3) is 10.3 Å². The maximum atomic E-state index is 13.4.